The molecule has 0 spiro atoms. The summed E-state index contributed by atoms with van der Waals surface area (Å²) in [5, 5.41) is 3.83. The van der Waals surface area contributed by atoms with Gasteiger partial charge >= 0.3 is 0 Å². The minimum atomic E-state index is 0.539. The van der Waals surface area contributed by atoms with Gasteiger partial charge in [0.05, 0.1) is 0 Å². The van der Waals surface area contributed by atoms with Crippen LogP contribution in [0.25, 0.3) is 112 Å². The van der Waals surface area contributed by atoms with Crippen LogP contribution in [0.15, 0.2) is 179 Å². The van der Waals surface area contributed by atoms with Crippen LogP contribution in [0.2, 0.25) is 0 Å². The Balaban J connectivity index is 1.10. The highest BCUT2D eigenvalue weighted by molar-refractivity contribution is 6.12. The van der Waals surface area contributed by atoms with Crippen molar-refractivity contribution in [1.82, 2.24) is 29.9 Å². The van der Waals surface area contributed by atoms with Crippen LogP contribution in [0.5, 0.6) is 0 Å². The second-order valence-corrected chi connectivity index (χ2v) is 13.5. The normalized spacial score (nSPS) is 11.6. The molecule has 0 aliphatic heterocycles. The number of furan rings is 2. The fourth-order valence-electron chi connectivity index (χ4n) is 7.30. The summed E-state index contributed by atoms with van der Waals surface area (Å²) in [4.78, 5) is 30.1. The molecule has 8 nitrogen and oxygen atoms in total. The van der Waals surface area contributed by atoms with E-state index in [2.05, 4.69) is 18.2 Å². The van der Waals surface area contributed by atoms with Gasteiger partial charge in [0, 0.05) is 54.9 Å². The van der Waals surface area contributed by atoms with E-state index in [1.807, 2.05) is 152 Å². The molecule has 11 rings (SSSR count). The monoisotopic (exact) mass is 720 g/mol. The van der Waals surface area contributed by atoms with E-state index in [0.29, 0.717) is 34.9 Å². The highest BCUT2D eigenvalue weighted by atomic mass is 16.3. The van der Waals surface area contributed by atoms with E-state index in [1.165, 1.54) is 0 Å². The van der Waals surface area contributed by atoms with Gasteiger partial charge in [0.25, 0.3) is 0 Å². The number of aromatic nitrogens is 6. The molecule has 0 radical (unpaired) electrons. The molecule has 0 saturated heterocycles. The van der Waals surface area contributed by atoms with Crippen LogP contribution in [-0.2, 0) is 0 Å². The standard InChI is InChI=1S/C48H28N6O2/c1-4-13-29(14-5-1)43-50-46(32-23-25-39-36(27-32)34-19-10-11-21-38(34)55-39)52-47(51-43)33-24-26-40-37(28-33)42-35(20-12-22-41(42)56-40)48-53-44(30-15-6-2-7-16-30)49-45(54-48)31-17-8-3-9-18-31/h1-28H. The van der Waals surface area contributed by atoms with Crippen molar-refractivity contribution < 1.29 is 8.83 Å². The van der Waals surface area contributed by atoms with Crippen molar-refractivity contribution >= 4 is 43.9 Å². The van der Waals surface area contributed by atoms with Crippen molar-refractivity contribution in [3.05, 3.63) is 170 Å². The smallest absolute Gasteiger partial charge is 0.164 e. The van der Waals surface area contributed by atoms with Crippen molar-refractivity contribution in [3.8, 4) is 68.3 Å². The first-order valence-electron chi connectivity index (χ1n) is 18.3. The number of benzene rings is 7. The predicted octanol–water partition coefficient (Wildman–Crippen LogP) is 11.9. The highest BCUT2D eigenvalue weighted by Gasteiger charge is 2.20. The molecule has 262 valence electrons. The van der Waals surface area contributed by atoms with Gasteiger partial charge in [-0.15, -0.1) is 0 Å². The summed E-state index contributed by atoms with van der Waals surface area (Å²) in [6, 6.07) is 56.1. The third kappa shape index (κ3) is 5.47. The van der Waals surface area contributed by atoms with Crippen LogP contribution in [0, 0.1) is 0 Å². The molecule has 56 heavy (non-hydrogen) atoms. The van der Waals surface area contributed by atoms with Crippen LogP contribution >= 0.6 is 0 Å². The summed E-state index contributed by atoms with van der Waals surface area (Å²) < 4.78 is 12.6. The number of rotatable bonds is 6. The van der Waals surface area contributed by atoms with Crippen LogP contribution in [0.4, 0.5) is 0 Å². The largest absolute Gasteiger partial charge is 0.456 e. The minimum absolute atomic E-state index is 0.539. The molecule has 0 amide bonds. The molecule has 0 atom stereocenters. The lowest BCUT2D eigenvalue weighted by Crippen LogP contribution is -2.00. The molecule has 0 aliphatic carbocycles. The molecular weight excluding hydrogens is 693 g/mol. The van der Waals surface area contributed by atoms with Gasteiger partial charge in [0.2, 0.25) is 0 Å². The average molecular weight is 721 g/mol. The van der Waals surface area contributed by atoms with Crippen molar-refractivity contribution in [2.24, 2.45) is 0 Å². The fourth-order valence-corrected chi connectivity index (χ4v) is 7.30. The van der Waals surface area contributed by atoms with Crippen LogP contribution in [0.3, 0.4) is 0 Å². The quantitative estimate of drug-likeness (QED) is 0.167. The summed E-state index contributed by atoms with van der Waals surface area (Å²) in [5.74, 6) is 3.41. The Morgan fingerprint density at radius 2 is 0.679 bits per heavy atom. The van der Waals surface area contributed by atoms with Gasteiger partial charge in [-0.2, -0.15) is 0 Å². The molecule has 0 fully saturated rings. The summed E-state index contributed by atoms with van der Waals surface area (Å²) in [7, 11) is 0. The summed E-state index contributed by atoms with van der Waals surface area (Å²) in [5.41, 5.74) is 8.30. The van der Waals surface area contributed by atoms with Gasteiger partial charge in [-0.25, -0.2) is 29.9 Å². The average Bonchev–Trinajstić information content (AvgIpc) is 3.85. The summed E-state index contributed by atoms with van der Waals surface area (Å²) >= 11 is 0. The minimum Gasteiger partial charge on any atom is -0.456 e. The molecule has 11 aromatic rings. The zero-order valence-corrected chi connectivity index (χ0v) is 29.7. The van der Waals surface area contributed by atoms with Crippen LogP contribution in [0.1, 0.15) is 0 Å². The van der Waals surface area contributed by atoms with Crippen LogP contribution < -0.4 is 0 Å². The Hall–Kier alpha value is -7.84. The summed E-state index contributed by atoms with van der Waals surface area (Å²) in [6.07, 6.45) is 0. The molecular formula is C48H28N6O2. The first-order chi connectivity index (χ1) is 27.7. The Morgan fingerprint density at radius 3 is 1.25 bits per heavy atom. The first-order valence-corrected chi connectivity index (χ1v) is 18.3. The number of fused-ring (bicyclic) bond motifs is 6. The topological polar surface area (TPSA) is 104 Å². The van der Waals surface area contributed by atoms with Crippen molar-refractivity contribution in [1.29, 1.82) is 0 Å². The molecule has 4 heterocycles. The molecule has 7 aromatic carbocycles. The maximum Gasteiger partial charge on any atom is 0.164 e. The predicted molar refractivity (Wildman–Crippen MR) is 220 cm³/mol. The molecule has 0 aliphatic rings. The Labute approximate surface area is 319 Å². The van der Waals surface area contributed by atoms with Gasteiger partial charge in [0.1, 0.15) is 22.3 Å². The van der Waals surface area contributed by atoms with E-state index < -0.39 is 0 Å². The highest BCUT2D eigenvalue weighted by Crippen LogP contribution is 2.39. The Morgan fingerprint density at radius 1 is 0.268 bits per heavy atom. The molecule has 4 aromatic heterocycles. The van der Waals surface area contributed by atoms with Crippen molar-refractivity contribution in [2.75, 3.05) is 0 Å². The lowest BCUT2D eigenvalue weighted by Gasteiger charge is -2.10. The van der Waals surface area contributed by atoms with E-state index in [9.17, 15) is 0 Å². The molecule has 0 saturated carbocycles. The van der Waals surface area contributed by atoms with Crippen molar-refractivity contribution in [3.63, 3.8) is 0 Å². The third-order valence-corrected chi connectivity index (χ3v) is 10.00. The maximum absolute atomic E-state index is 6.46. The van der Waals surface area contributed by atoms with Gasteiger partial charge in [-0.1, -0.05) is 121 Å². The second-order valence-electron chi connectivity index (χ2n) is 13.5. The Bertz CT molecular complexity index is 3190. The molecule has 0 N–H and O–H groups in total. The number of para-hydroxylation sites is 1. The SMILES string of the molecule is c1ccc(-c2nc(-c3ccc4oc5ccccc5c4c3)nc(-c3ccc4oc5cccc(-c6nc(-c7ccccc7)nc(-c7ccccc7)n6)c5c4c3)n2)cc1. The van der Waals surface area contributed by atoms with Gasteiger partial charge in [-0.3, -0.25) is 0 Å². The van der Waals surface area contributed by atoms with Gasteiger partial charge < -0.3 is 8.83 Å². The zero-order chi connectivity index (χ0) is 37.0. The fraction of sp³-hybridized carbons (Fsp3) is 0. The van der Waals surface area contributed by atoms with Gasteiger partial charge in [0.15, 0.2) is 34.9 Å². The Kier molecular flexibility index (Phi) is 7.31. The van der Waals surface area contributed by atoms with E-state index in [1.54, 1.807) is 0 Å². The first kappa shape index (κ1) is 31.7. The number of hydrogen-bond donors (Lipinski definition) is 0. The zero-order valence-electron chi connectivity index (χ0n) is 29.7. The number of nitrogens with zero attached hydrogens (tertiary/aromatic N) is 6. The maximum atomic E-state index is 6.46. The molecule has 0 unspecified atom stereocenters. The van der Waals surface area contributed by atoms with Crippen molar-refractivity contribution in [2.45, 2.75) is 0 Å². The van der Waals surface area contributed by atoms with Crippen LogP contribution in [-0.4, -0.2) is 29.9 Å². The van der Waals surface area contributed by atoms with E-state index >= 15 is 0 Å². The second kappa shape index (κ2) is 12.9. The lowest BCUT2D eigenvalue weighted by molar-refractivity contribution is 0.668. The molecule has 8 heteroatoms. The number of hydrogen-bond acceptors (Lipinski definition) is 8. The van der Waals surface area contributed by atoms with E-state index in [0.717, 1.165) is 77.3 Å². The summed E-state index contributed by atoms with van der Waals surface area (Å²) in [6.45, 7) is 0. The van der Waals surface area contributed by atoms with E-state index in [4.69, 9.17) is 38.7 Å². The van der Waals surface area contributed by atoms with E-state index in [-0.39, 0.29) is 0 Å². The van der Waals surface area contributed by atoms with Gasteiger partial charge in [-0.05, 0) is 48.5 Å². The lowest BCUT2D eigenvalue weighted by atomic mass is 10.0. The molecule has 0 bridgehead atoms. The third-order valence-electron chi connectivity index (χ3n) is 10.00.